The second-order valence-corrected chi connectivity index (χ2v) is 5.34. The molecule has 0 N–H and O–H groups in total. The predicted octanol–water partition coefficient (Wildman–Crippen LogP) is 3.70. The molecule has 1 aromatic rings. The van der Waals surface area contributed by atoms with Crippen molar-refractivity contribution in [3.63, 3.8) is 0 Å². The molecule has 2 unspecified atom stereocenters. The Balaban J connectivity index is 2.06. The highest BCUT2D eigenvalue weighted by molar-refractivity contribution is 5.46. The van der Waals surface area contributed by atoms with Crippen molar-refractivity contribution in [1.29, 1.82) is 10.5 Å². The lowest BCUT2D eigenvalue weighted by molar-refractivity contribution is 0.567. The van der Waals surface area contributed by atoms with E-state index in [0.717, 1.165) is 12.8 Å². The fourth-order valence-corrected chi connectivity index (χ4v) is 2.83. The first-order valence-corrected chi connectivity index (χ1v) is 7.05. The van der Waals surface area contributed by atoms with Crippen LogP contribution in [0.25, 0.3) is 0 Å². The Kier molecular flexibility index (Phi) is 4.17. The van der Waals surface area contributed by atoms with Crippen molar-refractivity contribution in [3.05, 3.63) is 29.6 Å². The van der Waals surface area contributed by atoms with Gasteiger partial charge in [-0.05, 0) is 30.9 Å². The maximum atomic E-state index is 9.50. The Morgan fingerprint density at radius 2 is 2.21 bits per heavy atom. The van der Waals surface area contributed by atoms with E-state index in [9.17, 15) is 5.26 Å². The topological polar surface area (TPSA) is 60.5 Å². The Hall–Kier alpha value is -1.87. The summed E-state index contributed by atoms with van der Waals surface area (Å²) in [4.78, 5) is 4.30. The molecule has 1 aromatic heterocycles. The molecule has 1 fully saturated rings. The van der Waals surface area contributed by atoms with Crippen molar-refractivity contribution >= 4 is 0 Å². The average Bonchev–Trinajstić information content (AvgIpc) is 3.18. The number of aromatic nitrogens is 1. The SMILES string of the molecule is CCCCCCC1CC1(C#N)c1ncccc1C#N. The quantitative estimate of drug-likeness (QED) is 0.726. The molecule has 3 heteroatoms. The minimum atomic E-state index is -0.488. The molecule has 0 amide bonds. The molecule has 19 heavy (non-hydrogen) atoms. The van der Waals surface area contributed by atoms with Crippen molar-refractivity contribution < 1.29 is 0 Å². The van der Waals surface area contributed by atoms with E-state index in [-0.39, 0.29) is 0 Å². The normalized spacial score (nSPS) is 24.5. The molecule has 0 aromatic carbocycles. The number of unbranched alkanes of at least 4 members (excludes halogenated alkanes) is 3. The lowest BCUT2D eigenvalue weighted by Crippen LogP contribution is -2.12. The zero-order chi connectivity index (χ0) is 13.7. The number of nitrogens with zero attached hydrogens (tertiary/aromatic N) is 3. The minimum absolute atomic E-state index is 0.386. The predicted molar refractivity (Wildman–Crippen MR) is 73.1 cm³/mol. The molecular formula is C16H19N3. The van der Waals surface area contributed by atoms with Crippen LogP contribution in [0.15, 0.2) is 18.3 Å². The van der Waals surface area contributed by atoms with Gasteiger partial charge in [0, 0.05) is 6.20 Å². The third-order valence-electron chi connectivity index (χ3n) is 4.06. The molecule has 2 atom stereocenters. The van der Waals surface area contributed by atoms with Gasteiger partial charge in [-0.3, -0.25) is 4.98 Å². The molecule has 0 aliphatic heterocycles. The van der Waals surface area contributed by atoms with Gasteiger partial charge >= 0.3 is 0 Å². The van der Waals surface area contributed by atoms with Gasteiger partial charge in [-0.15, -0.1) is 0 Å². The van der Waals surface area contributed by atoms with Crippen molar-refractivity contribution in [1.82, 2.24) is 4.98 Å². The molecule has 1 aliphatic carbocycles. The minimum Gasteiger partial charge on any atom is -0.258 e. The van der Waals surface area contributed by atoms with Crippen LogP contribution in [0, 0.1) is 28.6 Å². The smallest absolute Gasteiger partial charge is 0.104 e. The number of hydrogen-bond donors (Lipinski definition) is 0. The van der Waals surface area contributed by atoms with Gasteiger partial charge in [0.1, 0.15) is 11.5 Å². The number of pyridine rings is 1. The highest BCUT2D eigenvalue weighted by atomic mass is 14.8. The van der Waals surface area contributed by atoms with Crippen LogP contribution in [0.2, 0.25) is 0 Å². The van der Waals surface area contributed by atoms with E-state index in [1.807, 2.05) is 0 Å². The fourth-order valence-electron chi connectivity index (χ4n) is 2.83. The summed E-state index contributed by atoms with van der Waals surface area (Å²) in [5, 5.41) is 18.6. The van der Waals surface area contributed by atoms with Gasteiger partial charge in [0.05, 0.1) is 17.3 Å². The van der Waals surface area contributed by atoms with E-state index in [4.69, 9.17) is 5.26 Å². The maximum absolute atomic E-state index is 9.50. The summed E-state index contributed by atoms with van der Waals surface area (Å²) in [5.74, 6) is 0.386. The summed E-state index contributed by atoms with van der Waals surface area (Å²) < 4.78 is 0. The van der Waals surface area contributed by atoms with Gasteiger partial charge in [0.25, 0.3) is 0 Å². The lowest BCUT2D eigenvalue weighted by Gasteiger charge is -2.09. The summed E-state index contributed by atoms with van der Waals surface area (Å²) in [6.07, 6.45) is 8.53. The van der Waals surface area contributed by atoms with Crippen LogP contribution in [0.3, 0.4) is 0 Å². The first-order chi connectivity index (χ1) is 9.28. The first kappa shape index (κ1) is 13.6. The molecule has 1 heterocycles. The van der Waals surface area contributed by atoms with Crippen LogP contribution < -0.4 is 0 Å². The van der Waals surface area contributed by atoms with E-state index in [1.54, 1.807) is 18.3 Å². The van der Waals surface area contributed by atoms with Gasteiger partial charge < -0.3 is 0 Å². The molecule has 0 saturated heterocycles. The van der Waals surface area contributed by atoms with Gasteiger partial charge in [-0.2, -0.15) is 10.5 Å². The molecule has 0 bridgehead atoms. The van der Waals surface area contributed by atoms with Crippen LogP contribution in [0.4, 0.5) is 0 Å². The third kappa shape index (κ3) is 2.61. The first-order valence-electron chi connectivity index (χ1n) is 7.05. The van der Waals surface area contributed by atoms with Crippen LogP contribution in [0.5, 0.6) is 0 Å². The number of rotatable bonds is 6. The van der Waals surface area contributed by atoms with Gasteiger partial charge in [0.15, 0.2) is 0 Å². The zero-order valence-corrected chi connectivity index (χ0v) is 11.4. The van der Waals surface area contributed by atoms with E-state index < -0.39 is 5.41 Å². The average molecular weight is 253 g/mol. The monoisotopic (exact) mass is 253 g/mol. The van der Waals surface area contributed by atoms with Crippen molar-refractivity contribution in [2.24, 2.45) is 5.92 Å². The molecule has 98 valence electrons. The largest absolute Gasteiger partial charge is 0.258 e. The second kappa shape index (κ2) is 5.85. The standard InChI is InChI=1S/C16H19N3/c1-2-3-4-5-8-14-10-16(14,12-18)15-13(11-17)7-6-9-19-15/h6-7,9,14H,2-5,8,10H2,1H3. The highest BCUT2D eigenvalue weighted by Gasteiger charge is 2.57. The van der Waals surface area contributed by atoms with E-state index in [1.165, 1.54) is 25.7 Å². The molecule has 1 aliphatic rings. The lowest BCUT2D eigenvalue weighted by atomic mass is 9.94. The Bertz CT molecular complexity index is 524. The number of nitriles is 2. The Morgan fingerprint density at radius 3 is 2.89 bits per heavy atom. The summed E-state index contributed by atoms with van der Waals surface area (Å²) in [5.41, 5.74) is 0.763. The van der Waals surface area contributed by atoms with E-state index in [0.29, 0.717) is 17.2 Å². The molecule has 1 saturated carbocycles. The summed E-state index contributed by atoms with van der Waals surface area (Å²) >= 11 is 0. The van der Waals surface area contributed by atoms with E-state index in [2.05, 4.69) is 24.0 Å². The van der Waals surface area contributed by atoms with Crippen LogP contribution in [-0.2, 0) is 5.41 Å². The van der Waals surface area contributed by atoms with Crippen molar-refractivity contribution in [2.45, 2.75) is 50.9 Å². The van der Waals surface area contributed by atoms with Gasteiger partial charge in [-0.25, -0.2) is 0 Å². The Labute approximate surface area is 114 Å². The summed E-state index contributed by atoms with van der Waals surface area (Å²) in [6.45, 7) is 2.20. The van der Waals surface area contributed by atoms with Crippen LogP contribution >= 0.6 is 0 Å². The zero-order valence-electron chi connectivity index (χ0n) is 11.4. The van der Waals surface area contributed by atoms with Crippen molar-refractivity contribution in [2.75, 3.05) is 0 Å². The molecule has 2 rings (SSSR count). The van der Waals surface area contributed by atoms with E-state index >= 15 is 0 Å². The third-order valence-corrected chi connectivity index (χ3v) is 4.06. The molecule has 0 spiro atoms. The van der Waals surface area contributed by atoms with Crippen LogP contribution in [-0.4, -0.2) is 4.98 Å². The Morgan fingerprint density at radius 1 is 1.37 bits per heavy atom. The summed E-state index contributed by atoms with van der Waals surface area (Å²) in [6, 6.07) is 8.09. The van der Waals surface area contributed by atoms with Gasteiger partial charge in [-0.1, -0.05) is 32.6 Å². The summed E-state index contributed by atoms with van der Waals surface area (Å²) in [7, 11) is 0. The van der Waals surface area contributed by atoms with Crippen LogP contribution in [0.1, 0.15) is 56.7 Å². The van der Waals surface area contributed by atoms with Crippen molar-refractivity contribution in [3.8, 4) is 12.1 Å². The highest BCUT2D eigenvalue weighted by Crippen LogP contribution is 2.56. The number of hydrogen-bond acceptors (Lipinski definition) is 3. The van der Waals surface area contributed by atoms with Gasteiger partial charge in [0.2, 0.25) is 0 Å². The molecular weight excluding hydrogens is 234 g/mol. The fraction of sp³-hybridized carbons (Fsp3) is 0.562. The molecule has 3 nitrogen and oxygen atoms in total. The second-order valence-electron chi connectivity index (χ2n) is 5.34. The molecule has 0 radical (unpaired) electrons. The maximum Gasteiger partial charge on any atom is 0.104 e.